The van der Waals surface area contributed by atoms with E-state index in [0.29, 0.717) is 18.5 Å². The van der Waals surface area contributed by atoms with Crippen molar-refractivity contribution in [2.45, 2.75) is 43.0 Å². The average Bonchev–Trinajstić information content (AvgIpc) is 3.30. The number of carbonyl (C=O) groups is 2. The molecule has 2 aromatic carbocycles. The average molecular weight is 476 g/mol. The number of benzene rings is 2. The number of methoxy groups -OCH3 is 1. The fourth-order valence-electron chi connectivity index (χ4n) is 3.70. The molecule has 1 fully saturated rings. The van der Waals surface area contributed by atoms with Gasteiger partial charge in [-0.15, -0.1) is 0 Å². The summed E-state index contributed by atoms with van der Waals surface area (Å²) in [6.07, 6.45) is 4.04. The minimum absolute atomic E-state index is 0.00855. The van der Waals surface area contributed by atoms with Crippen molar-refractivity contribution in [1.29, 1.82) is 0 Å². The fraction of sp³-hybridized carbons (Fsp3) is 0.391. The van der Waals surface area contributed by atoms with E-state index in [1.165, 1.54) is 37.4 Å². The van der Waals surface area contributed by atoms with Gasteiger partial charge < -0.3 is 20.5 Å². The van der Waals surface area contributed by atoms with Crippen LogP contribution >= 0.6 is 0 Å². The molecule has 1 aliphatic carbocycles. The highest BCUT2D eigenvalue weighted by Crippen LogP contribution is 2.27. The molecule has 0 bridgehead atoms. The van der Waals surface area contributed by atoms with Crippen LogP contribution in [-0.2, 0) is 10.0 Å². The first kappa shape index (κ1) is 24.5. The lowest BCUT2D eigenvalue weighted by Gasteiger charge is -2.16. The van der Waals surface area contributed by atoms with Crippen LogP contribution in [0, 0.1) is 0 Å². The van der Waals surface area contributed by atoms with Gasteiger partial charge in [0.25, 0.3) is 11.8 Å². The van der Waals surface area contributed by atoms with Gasteiger partial charge in [-0.05, 0) is 55.7 Å². The molecule has 4 N–H and O–H groups in total. The van der Waals surface area contributed by atoms with Crippen molar-refractivity contribution in [2.75, 3.05) is 20.2 Å². The summed E-state index contributed by atoms with van der Waals surface area (Å²) in [6, 6.07) is 10.2. The zero-order chi connectivity index (χ0) is 23.8. The number of phenols is 1. The molecule has 33 heavy (non-hydrogen) atoms. The Bertz CT molecular complexity index is 1100. The molecule has 0 radical (unpaired) electrons. The van der Waals surface area contributed by atoms with Crippen LogP contribution in [0.2, 0.25) is 0 Å². The lowest BCUT2D eigenvalue weighted by Crippen LogP contribution is -2.33. The maximum atomic E-state index is 12.9. The highest BCUT2D eigenvalue weighted by Gasteiger charge is 2.26. The van der Waals surface area contributed by atoms with Crippen LogP contribution in [0.25, 0.3) is 0 Å². The van der Waals surface area contributed by atoms with Gasteiger partial charge in [0.05, 0.1) is 7.11 Å². The smallest absolute Gasteiger partial charge is 0.251 e. The summed E-state index contributed by atoms with van der Waals surface area (Å²) in [5, 5.41) is 14.9. The van der Waals surface area contributed by atoms with Crippen LogP contribution in [0.15, 0.2) is 47.4 Å². The van der Waals surface area contributed by atoms with Gasteiger partial charge >= 0.3 is 0 Å². The first-order chi connectivity index (χ1) is 15.8. The molecule has 0 aromatic heterocycles. The van der Waals surface area contributed by atoms with Gasteiger partial charge in [0.2, 0.25) is 10.0 Å². The van der Waals surface area contributed by atoms with Crippen molar-refractivity contribution in [1.82, 2.24) is 15.4 Å². The second kappa shape index (κ2) is 11.2. The summed E-state index contributed by atoms with van der Waals surface area (Å²) >= 11 is 0. The lowest BCUT2D eigenvalue weighted by molar-refractivity contribution is 0.0951. The van der Waals surface area contributed by atoms with Gasteiger partial charge in [0, 0.05) is 30.3 Å². The zero-order valence-corrected chi connectivity index (χ0v) is 19.3. The van der Waals surface area contributed by atoms with E-state index in [4.69, 9.17) is 4.74 Å². The second-order valence-corrected chi connectivity index (χ2v) is 9.57. The van der Waals surface area contributed by atoms with Crippen molar-refractivity contribution in [3.63, 3.8) is 0 Å². The molecule has 178 valence electrons. The van der Waals surface area contributed by atoms with E-state index in [1.54, 1.807) is 12.1 Å². The third-order valence-electron chi connectivity index (χ3n) is 5.43. The van der Waals surface area contributed by atoms with Crippen molar-refractivity contribution in [3.05, 3.63) is 53.6 Å². The Hall–Kier alpha value is -3.11. The Kier molecular flexibility index (Phi) is 8.29. The maximum Gasteiger partial charge on any atom is 0.251 e. The van der Waals surface area contributed by atoms with E-state index in [2.05, 4.69) is 15.4 Å². The molecule has 0 atom stereocenters. The van der Waals surface area contributed by atoms with Crippen LogP contribution in [0.3, 0.4) is 0 Å². The molecule has 1 saturated carbocycles. The Labute approximate surface area is 193 Å². The Balaban J connectivity index is 1.54. The number of aromatic hydroxyl groups is 1. The quantitative estimate of drug-likeness (QED) is 0.389. The largest absolute Gasteiger partial charge is 0.508 e. The molecule has 3 rings (SSSR count). The van der Waals surface area contributed by atoms with Crippen molar-refractivity contribution in [2.24, 2.45) is 0 Å². The normalized spacial score (nSPS) is 14.1. The number of ether oxygens (including phenoxy) is 1. The van der Waals surface area contributed by atoms with Gasteiger partial charge in [-0.1, -0.05) is 18.9 Å². The van der Waals surface area contributed by atoms with Gasteiger partial charge in [0.1, 0.15) is 16.4 Å². The van der Waals surface area contributed by atoms with Crippen molar-refractivity contribution < 1.29 is 27.9 Å². The molecular formula is C23H29N3O6S. The standard InChI is InChI=1S/C23H29N3O6S/c1-32-20-11-10-17(15-21(20)33(30,31)26-18-7-2-3-8-18)23(29)25-13-5-12-24-22(28)16-6-4-9-19(27)14-16/h4,6,9-11,14-15,18,26-27H,2-3,5,7-8,12-13H2,1H3,(H,24,28)(H,25,29). The minimum Gasteiger partial charge on any atom is -0.508 e. The van der Waals surface area contributed by atoms with Crippen molar-refractivity contribution >= 4 is 21.8 Å². The van der Waals surface area contributed by atoms with E-state index in [0.717, 1.165) is 25.7 Å². The molecule has 2 aromatic rings. The molecule has 0 heterocycles. The summed E-state index contributed by atoms with van der Waals surface area (Å²) < 4.78 is 33.6. The lowest BCUT2D eigenvalue weighted by atomic mass is 10.2. The Morgan fingerprint density at radius 3 is 2.24 bits per heavy atom. The molecule has 9 nitrogen and oxygen atoms in total. The Morgan fingerprint density at radius 2 is 1.64 bits per heavy atom. The highest BCUT2D eigenvalue weighted by atomic mass is 32.2. The number of rotatable bonds is 10. The first-order valence-corrected chi connectivity index (χ1v) is 12.3. The van der Waals surface area contributed by atoms with Gasteiger partial charge in [0.15, 0.2) is 0 Å². The number of nitrogens with one attached hydrogen (secondary N) is 3. The number of hydrogen-bond donors (Lipinski definition) is 4. The molecule has 1 aliphatic rings. The molecule has 0 unspecified atom stereocenters. The van der Waals surface area contributed by atoms with Gasteiger partial charge in [-0.3, -0.25) is 9.59 Å². The molecule has 0 aliphatic heterocycles. The predicted molar refractivity (Wildman–Crippen MR) is 123 cm³/mol. The van der Waals surface area contributed by atoms with Gasteiger partial charge in [-0.2, -0.15) is 0 Å². The minimum atomic E-state index is -3.83. The zero-order valence-electron chi connectivity index (χ0n) is 18.5. The topological polar surface area (TPSA) is 134 Å². The van der Waals surface area contributed by atoms with E-state index in [-0.39, 0.29) is 40.5 Å². The fourth-order valence-corrected chi connectivity index (χ4v) is 5.20. The maximum absolute atomic E-state index is 12.9. The van der Waals surface area contributed by atoms with Crippen LogP contribution in [0.1, 0.15) is 52.8 Å². The monoisotopic (exact) mass is 475 g/mol. The Morgan fingerprint density at radius 1 is 1.00 bits per heavy atom. The number of amides is 2. The highest BCUT2D eigenvalue weighted by molar-refractivity contribution is 7.89. The van der Waals surface area contributed by atoms with Crippen molar-refractivity contribution in [3.8, 4) is 11.5 Å². The first-order valence-electron chi connectivity index (χ1n) is 10.9. The summed E-state index contributed by atoms with van der Waals surface area (Å²) in [4.78, 5) is 24.5. The van der Waals surface area contributed by atoms with Crippen LogP contribution in [-0.4, -0.2) is 51.6 Å². The molecule has 0 spiro atoms. The molecule has 2 amide bonds. The summed E-state index contributed by atoms with van der Waals surface area (Å²) in [5.41, 5.74) is 0.545. The van der Waals surface area contributed by atoms with E-state index in [1.807, 2.05) is 0 Å². The summed E-state index contributed by atoms with van der Waals surface area (Å²) in [5.74, 6) is -0.563. The van der Waals surface area contributed by atoms with Gasteiger partial charge in [-0.25, -0.2) is 13.1 Å². The number of carbonyl (C=O) groups excluding carboxylic acids is 2. The summed E-state index contributed by atoms with van der Waals surface area (Å²) in [7, 11) is -2.45. The number of phenolic OH excluding ortho intramolecular Hbond substituents is 1. The third-order valence-corrected chi connectivity index (χ3v) is 6.97. The molecular weight excluding hydrogens is 446 g/mol. The summed E-state index contributed by atoms with van der Waals surface area (Å²) in [6.45, 7) is 0.607. The number of sulfonamides is 1. The SMILES string of the molecule is COc1ccc(C(=O)NCCCNC(=O)c2cccc(O)c2)cc1S(=O)(=O)NC1CCCC1. The molecule has 0 saturated heterocycles. The van der Waals surface area contributed by atoms with E-state index >= 15 is 0 Å². The number of hydrogen-bond acceptors (Lipinski definition) is 6. The van der Waals surface area contributed by atoms with E-state index < -0.39 is 15.9 Å². The van der Waals surface area contributed by atoms with E-state index in [9.17, 15) is 23.1 Å². The van der Waals surface area contributed by atoms with Crippen LogP contribution in [0.4, 0.5) is 0 Å². The third kappa shape index (κ3) is 6.69. The van der Waals surface area contributed by atoms with Crippen LogP contribution < -0.4 is 20.1 Å². The predicted octanol–water partition coefficient (Wildman–Crippen LogP) is 2.17. The molecule has 10 heteroatoms. The van der Waals surface area contributed by atoms with Crippen LogP contribution in [0.5, 0.6) is 11.5 Å². The second-order valence-electron chi connectivity index (χ2n) is 7.88.